The Labute approximate surface area is 113 Å². The summed E-state index contributed by atoms with van der Waals surface area (Å²) in [6.45, 7) is 7.73. The molecule has 0 aliphatic rings. The molecule has 0 heterocycles. The Bertz CT molecular complexity index is 453. The number of hydrogen-bond donors (Lipinski definition) is 0. The molecule has 1 aromatic rings. The van der Waals surface area contributed by atoms with Crippen LogP contribution >= 0.6 is 11.8 Å². The van der Waals surface area contributed by atoms with Gasteiger partial charge in [-0.3, -0.25) is 4.79 Å². The molecular formula is C14H20O3S. The summed E-state index contributed by atoms with van der Waals surface area (Å²) in [4.78, 5) is 12.8. The largest absolute Gasteiger partial charge is 0.496 e. The summed E-state index contributed by atoms with van der Waals surface area (Å²) in [7, 11) is 3.07. The highest BCUT2D eigenvalue weighted by Crippen LogP contribution is 2.37. The van der Waals surface area contributed by atoms with Crippen molar-refractivity contribution in [2.45, 2.75) is 37.3 Å². The van der Waals surface area contributed by atoms with Crippen LogP contribution in [0.25, 0.3) is 0 Å². The molecule has 1 aromatic carbocycles. The van der Waals surface area contributed by atoms with Crippen LogP contribution in [0.1, 0.15) is 25.0 Å². The van der Waals surface area contributed by atoms with Gasteiger partial charge in [0.2, 0.25) is 0 Å². The summed E-state index contributed by atoms with van der Waals surface area (Å²) in [5.41, 5.74) is 2.16. The van der Waals surface area contributed by atoms with Gasteiger partial charge in [-0.2, -0.15) is 0 Å². The summed E-state index contributed by atoms with van der Waals surface area (Å²) in [6.07, 6.45) is 0. The van der Waals surface area contributed by atoms with Crippen LogP contribution in [0.3, 0.4) is 0 Å². The Morgan fingerprint density at radius 3 is 2.28 bits per heavy atom. The molecule has 3 nitrogen and oxygen atoms in total. The van der Waals surface area contributed by atoms with E-state index < -0.39 is 4.75 Å². The highest BCUT2D eigenvalue weighted by atomic mass is 32.2. The molecule has 0 aliphatic carbocycles. The van der Waals surface area contributed by atoms with Gasteiger partial charge in [0.25, 0.3) is 0 Å². The monoisotopic (exact) mass is 268 g/mol. The lowest BCUT2D eigenvalue weighted by Gasteiger charge is -2.22. The summed E-state index contributed by atoms with van der Waals surface area (Å²) in [5.74, 6) is 0.646. The molecule has 0 atom stereocenters. The van der Waals surface area contributed by atoms with Gasteiger partial charge in [0.1, 0.15) is 10.5 Å². The Morgan fingerprint density at radius 1 is 1.17 bits per heavy atom. The van der Waals surface area contributed by atoms with Crippen molar-refractivity contribution < 1.29 is 14.3 Å². The average Bonchev–Trinajstić information content (AvgIpc) is 2.31. The number of rotatable bonds is 4. The number of methoxy groups -OCH3 is 2. The van der Waals surface area contributed by atoms with E-state index in [0.717, 1.165) is 21.8 Å². The molecule has 4 heteroatoms. The molecule has 0 fully saturated rings. The molecule has 0 radical (unpaired) electrons. The first-order valence-corrected chi connectivity index (χ1v) is 6.56. The van der Waals surface area contributed by atoms with Crippen LogP contribution in [-0.4, -0.2) is 24.9 Å². The molecule has 1 rings (SSSR count). The van der Waals surface area contributed by atoms with Crippen LogP contribution in [0, 0.1) is 13.8 Å². The van der Waals surface area contributed by atoms with Crippen LogP contribution in [0.2, 0.25) is 0 Å². The Kier molecular flexibility index (Phi) is 4.68. The molecule has 0 aliphatic heterocycles. The Hall–Kier alpha value is -1.16. The number of hydrogen-bond acceptors (Lipinski definition) is 4. The van der Waals surface area contributed by atoms with E-state index in [4.69, 9.17) is 9.47 Å². The molecule has 100 valence electrons. The lowest BCUT2D eigenvalue weighted by molar-refractivity contribution is -0.142. The number of thioether (sulfide) groups is 1. The van der Waals surface area contributed by atoms with Gasteiger partial charge in [-0.05, 0) is 51.0 Å². The van der Waals surface area contributed by atoms with Crippen molar-refractivity contribution in [2.75, 3.05) is 14.2 Å². The molecule has 0 amide bonds. The van der Waals surface area contributed by atoms with E-state index in [1.54, 1.807) is 7.11 Å². The van der Waals surface area contributed by atoms with Crippen LogP contribution in [-0.2, 0) is 9.53 Å². The van der Waals surface area contributed by atoms with E-state index in [-0.39, 0.29) is 5.97 Å². The highest BCUT2D eigenvalue weighted by Gasteiger charge is 2.30. The smallest absolute Gasteiger partial charge is 0.321 e. The van der Waals surface area contributed by atoms with E-state index in [1.807, 2.05) is 39.8 Å². The predicted molar refractivity (Wildman–Crippen MR) is 74.4 cm³/mol. The second-order valence-electron chi connectivity index (χ2n) is 4.69. The quantitative estimate of drug-likeness (QED) is 0.619. The van der Waals surface area contributed by atoms with Crippen molar-refractivity contribution in [3.8, 4) is 5.75 Å². The minimum Gasteiger partial charge on any atom is -0.496 e. The summed E-state index contributed by atoms with van der Waals surface area (Å²) >= 11 is 1.51. The Morgan fingerprint density at radius 2 is 1.78 bits per heavy atom. The third-order valence-corrected chi connectivity index (χ3v) is 4.07. The summed E-state index contributed by atoms with van der Waals surface area (Å²) in [5, 5.41) is 0. The number of esters is 1. The number of carbonyl (C=O) groups excluding carboxylic acids is 1. The molecule has 18 heavy (non-hydrogen) atoms. The van der Waals surface area contributed by atoms with E-state index in [9.17, 15) is 4.79 Å². The van der Waals surface area contributed by atoms with E-state index in [2.05, 4.69) is 0 Å². The zero-order chi connectivity index (χ0) is 13.9. The first-order chi connectivity index (χ1) is 8.31. The van der Waals surface area contributed by atoms with Crippen LogP contribution in [0.5, 0.6) is 5.75 Å². The summed E-state index contributed by atoms with van der Waals surface area (Å²) in [6, 6.07) is 4.04. The zero-order valence-electron chi connectivity index (χ0n) is 11.8. The third kappa shape index (κ3) is 3.19. The van der Waals surface area contributed by atoms with Crippen molar-refractivity contribution in [1.29, 1.82) is 0 Å². The SMILES string of the molecule is COC(=O)C(C)(C)Sc1cc(C)c(OC)cc1C. The minimum absolute atomic E-state index is 0.222. The maximum Gasteiger partial charge on any atom is 0.321 e. The molecule has 0 aromatic heterocycles. The van der Waals surface area contributed by atoms with Crippen molar-refractivity contribution >= 4 is 17.7 Å². The second-order valence-corrected chi connectivity index (χ2v) is 6.36. The normalized spacial score (nSPS) is 11.2. The first-order valence-electron chi connectivity index (χ1n) is 5.74. The molecule has 0 N–H and O–H groups in total. The van der Waals surface area contributed by atoms with Crippen molar-refractivity contribution in [1.82, 2.24) is 0 Å². The average molecular weight is 268 g/mol. The maximum atomic E-state index is 11.7. The third-order valence-electron chi connectivity index (χ3n) is 2.73. The predicted octanol–water partition coefficient (Wildman–Crippen LogP) is 3.36. The molecular weight excluding hydrogens is 248 g/mol. The maximum absolute atomic E-state index is 11.7. The van der Waals surface area contributed by atoms with E-state index >= 15 is 0 Å². The molecule has 0 saturated heterocycles. The fraction of sp³-hybridized carbons (Fsp3) is 0.500. The number of aryl methyl sites for hydroxylation is 2. The fourth-order valence-electron chi connectivity index (χ4n) is 1.66. The Balaban J connectivity index is 3.05. The molecule has 0 unspecified atom stereocenters. The van der Waals surface area contributed by atoms with Gasteiger partial charge in [0.15, 0.2) is 0 Å². The van der Waals surface area contributed by atoms with Gasteiger partial charge in [-0.1, -0.05) is 0 Å². The molecule has 0 saturated carbocycles. The molecule has 0 spiro atoms. The van der Waals surface area contributed by atoms with E-state index in [1.165, 1.54) is 18.9 Å². The van der Waals surface area contributed by atoms with Crippen LogP contribution in [0.15, 0.2) is 17.0 Å². The van der Waals surface area contributed by atoms with Crippen molar-refractivity contribution in [2.24, 2.45) is 0 Å². The first kappa shape index (κ1) is 14.9. The number of benzene rings is 1. The van der Waals surface area contributed by atoms with Gasteiger partial charge in [0.05, 0.1) is 14.2 Å². The highest BCUT2D eigenvalue weighted by molar-refractivity contribution is 8.01. The lowest BCUT2D eigenvalue weighted by atomic mass is 10.1. The van der Waals surface area contributed by atoms with Gasteiger partial charge >= 0.3 is 5.97 Å². The number of carbonyl (C=O) groups is 1. The van der Waals surface area contributed by atoms with E-state index in [0.29, 0.717) is 0 Å². The number of ether oxygens (including phenoxy) is 2. The lowest BCUT2D eigenvalue weighted by Crippen LogP contribution is -2.29. The van der Waals surface area contributed by atoms with Gasteiger partial charge in [-0.15, -0.1) is 11.8 Å². The fourth-order valence-corrected chi connectivity index (χ4v) is 2.83. The zero-order valence-corrected chi connectivity index (χ0v) is 12.6. The summed E-state index contributed by atoms with van der Waals surface area (Å²) < 4.78 is 9.50. The van der Waals surface area contributed by atoms with Crippen molar-refractivity contribution in [3.63, 3.8) is 0 Å². The minimum atomic E-state index is -0.597. The standard InChI is InChI=1S/C14H20O3S/c1-9-8-12(10(2)7-11(9)16-5)18-14(3,4)13(15)17-6/h7-8H,1-6H3. The van der Waals surface area contributed by atoms with Crippen molar-refractivity contribution in [3.05, 3.63) is 23.3 Å². The van der Waals surface area contributed by atoms with Gasteiger partial charge in [-0.25, -0.2) is 0 Å². The topological polar surface area (TPSA) is 35.5 Å². The van der Waals surface area contributed by atoms with Gasteiger partial charge in [0, 0.05) is 4.90 Å². The second kappa shape index (κ2) is 5.65. The van der Waals surface area contributed by atoms with Crippen LogP contribution < -0.4 is 4.74 Å². The van der Waals surface area contributed by atoms with Crippen LogP contribution in [0.4, 0.5) is 0 Å². The van der Waals surface area contributed by atoms with Gasteiger partial charge < -0.3 is 9.47 Å². The molecule has 0 bridgehead atoms.